The molecule has 0 aliphatic rings. The number of hydrazine groups is 1. The molecule has 2 nitrogen and oxygen atoms in total. The molecule has 2 aromatic rings. The van der Waals surface area contributed by atoms with Crippen LogP contribution in [0.1, 0.15) is 36.0 Å². The Labute approximate surface area is 122 Å². The quantitative estimate of drug-likeness (QED) is 0.621. The third kappa shape index (κ3) is 3.69. The van der Waals surface area contributed by atoms with E-state index in [0.717, 1.165) is 12.8 Å². The molecule has 0 radical (unpaired) electrons. The van der Waals surface area contributed by atoms with Crippen molar-refractivity contribution in [3.63, 3.8) is 0 Å². The fourth-order valence-electron chi connectivity index (χ4n) is 2.75. The van der Waals surface area contributed by atoms with Crippen molar-refractivity contribution in [1.82, 2.24) is 5.43 Å². The highest BCUT2D eigenvalue weighted by molar-refractivity contribution is 5.25. The second-order valence-electron chi connectivity index (χ2n) is 5.39. The van der Waals surface area contributed by atoms with Gasteiger partial charge in [0.2, 0.25) is 0 Å². The first-order valence-electron chi connectivity index (χ1n) is 7.31. The number of benzene rings is 2. The number of nitrogens with one attached hydrogen (secondary N) is 1. The van der Waals surface area contributed by atoms with Crippen molar-refractivity contribution in [1.29, 1.82) is 0 Å². The predicted octanol–water partition coefficient (Wildman–Crippen LogP) is 3.56. The third-order valence-electron chi connectivity index (χ3n) is 3.94. The van der Waals surface area contributed by atoms with Gasteiger partial charge in [0.15, 0.2) is 0 Å². The van der Waals surface area contributed by atoms with Crippen molar-refractivity contribution in [2.45, 2.75) is 38.6 Å². The second kappa shape index (κ2) is 7.22. The Morgan fingerprint density at radius 3 is 2.20 bits per heavy atom. The fraction of sp³-hybridized carbons (Fsp3) is 0.333. The van der Waals surface area contributed by atoms with Gasteiger partial charge in [-0.15, -0.1) is 0 Å². The van der Waals surface area contributed by atoms with E-state index in [4.69, 9.17) is 5.84 Å². The summed E-state index contributed by atoms with van der Waals surface area (Å²) in [6.45, 7) is 4.33. The first kappa shape index (κ1) is 14.8. The SMILES string of the molecule is CCC(c1ccccc1)C(Cc1ccc(C)cc1)NN. The molecule has 0 heterocycles. The zero-order chi connectivity index (χ0) is 14.4. The van der Waals surface area contributed by atoms with Crippen molar-refractivity contribution >= 4 is 0 Å². The van der Waals surface area contributed by atoms with Gasteiger partial charge in [0.05, 0.1) is 0 Å². The van der Waals surface area contributed by atoms with Gasteiger partial charge in [-0.05, 0) is 30.9 Å². The molecule has 0 aliphatic heterocycles. The molecule has 2 rings (SSSR count). The third-order valence-corrected chi connectivity index (χ3v) is 3.94. The summed E-state index contributed by atoms with van der Waals surface area (Å²) in [4.78, 5) is 0. The highest BCUT2D eigenvalue weighted by Gasteiger charge is 2.20. The van der Waals surface area contributed by atoms with Crippen molar-refractivity contribution in [2.24, 2.45) is 5.84 Å². The number of hydrogen-bond donors (Lipinski definition) is 2. The summed E-state index contributed by atoms with van der Waals surface area (Å²) in [5.74, 6) is 6.25. The molecule has 0 aliphatic carbocycles. The topological polar surface area (TPSA) is 38.0 Å². The summed E-state index contributed by atoms with van der Waals surface area (Å²) in [5.41, 5.74) is 6.99. The van der Waals surface area contributed by atoms with Gasteiger partial charge < -0.3 is 0 Å². The molecule has 2 heteroatoms. The van der Waals surface area contributed by atoms with Crippen molar-refractivity contribution in [3.8, 4) is 0 Å². The average molecular weight is 268 g/mol. The lowest BCUT2D eigenvalue weighted by Crippen LogP contribution is -2.41. The zero-order valence-electron chi connectivity index (χ0n) is 12.3. The lowest BCUT2D eigenvalue weighted by Gasteiger charge is -2.26. The van der Waals surface area contributed by atoms with E-state index in [-0.39, 0.29) is 6.04 Å². The van der Waals surface area contributed by atoms with Gasteiger partial charge in [0, 0.05) is 12.0 Å². The predicted molar refractivity (Wildman–Crippen MR) is 85.5 cm³/mol. The van der Waals surface area contributed by atoms with Crippen molar-refractivity contribution in [2.75, 3.05) is 0 Å². The van der Waals surface area contributed by atoms with Crippen molar-refractivity contribution < 1.29 is 0 Å². The summed E-state index contributed by atoms with van der Waals surface area (Å²) >= 11 is 0. The lowest BCUT2D eigenvalue weighted by atomic mass is 9.86. The summed E-state index contributed by atoms with van der Waals surface area (Å²) in [7, 11) is 0. The normalized spacial score (nSPS) is 13.9. The molecule has 2 aromatic carbocycles. The van der Waals surface area contributed by atoms with Gasteiger partial charge in [-0.25, -0.2) is 0 Å². The van der Waals surface area contributed by atoms with Crippen LogP contribution in [0.4, 0.5) is 0 Å². The monoisotopic (exact) mass is 268 g/mol. The highest BCUT2D eigenvalue weighted by Crippen LogP contribution is 2.25. The summed E-state index contributed by atoms with van der Waals surface area (Å²) in [6, 6.07) is 19.6. The number of aryl methyl sites for hydroxylation is 1. The molecule has 3 N–H and O–H groups in total. The average Bonchev–Trinajstić information content (AvgIpc) is 2.50. The minimum absolute atomic E-state index is 0.255. The molecule has 0 aromatic heterocycles. The Balaban J connectivity index is 2.15. The molecule has 106 valence electrons. The standard InChI is InChI=1S/C18H24N2/c1-3-17(16-7-5-4-6-8-16)18(20-19)13-15-11-9-14(2)10-12-15/h4-12,17-18,20H,3,13,19H2,1-2H3. The molecule has 0 amide bonds. The molecule has 2 unspecified atom stereocenters. The molecule has 2 atom stereocenters. The largest absolute Gasteiger partial charge is 0.271 e. The number of hydrogen-bond acceptors (Lipinski definition) is 2. The van der Waals surface area contributed by atoms with Gasteiger partial charge in [-0.1, -0.05) is 67.1 Å². The van der Waals surface area contributed by atoms with E-state index in [1.54, 1.807) is 0 Å². The molecule has 0 bridgehead atoms. The zero-order valence-corrected chi connectivity index (χ0v) is 12.3. The number of rotatable bonds is 6. The maximum absolute atomic E-state index is 5.81. The Hall–Kier alpha value is -1.64. The van der Waals surface area contributed by atoms with Crippen molar-refractivity contribution in [3.05, 3.63) is 71.3 Å². The van der Waals surface area contributed by atoms with E-state index in [1.165, 1.54) is 16.7 Å². The first-order chi connectivity index (χ1) is 9.74. The van der Waals surface area contributed by atoms with Gasteiger partial charge >= 0.3 is 0 Å². The molecule has 0 spiro atoms. The fourth-order valence-corrected chi connectivity index (χ4v) is 2.75. The van der Waals surface area contributed by atoms with Crippen LogP contribution in [-0.2, 0) is 6.42 Å². The highest BCUT2D eigenvalue weighted by atomic mass is 15.2. The van der Waals surface area contributed by atoms with Gasteiger partial charge in [0.1, 0.15) is 0 Å². The minimum atomic E-state index is 0.255. The van der Waals surface area contributed by atoms with Gasteiger partial charge in [-0.3, -0.25) is 11.3 Å². The molecule has 20 heavy (non-hydrogen) atoms. The Kier molecular flexibility index (Phi) is 5.33. The smallest absolute Gasteiger partial charge is 0.0319 e. The Morgan fingerprint density at radius 2 is 1.65 bits per heavy atom. The van der Waals surface area contributed by atoms with E-state index in [9.17, 15) is 0 Å². The maximum Gasteiger partial charge on any atom is 0.0319 e. The van der Waals surface area contributed by atoms with E-state index in [0.29, 0.717) is 5.92 Å². The van der Waals surface area contributed by atoms with Crippen LogP contribution < -0.4 is 11.3 Å². The summed E-state index contributed by atoms with van der Waals surface area (Å²) in [6.07, 6.45) is 2.02. The van der Waals surface area contributed by atoms with E-state index in [2.05, 4.69) is 73.9 Å². The van der Waals surface area contributed by atoms with Crippen LogP contribution in [0.3, 0.4) is 0 Å². The van der Waals surface area contributed by atoms with Crippen LogP contribution in [0, 0.1) is 6.92 Å². The van der Waals surface area contributed by atoms with E-state index >= 15 is 0 Å². The summed E-state index contributed by atoms with van der Waals surface area (Å²) < 4.78 is 0. The van der Waals surface area contributed by atoms with Crippen LogP contribution in [0.2, 0.25) is 0 Å². The Bertz CT molecular complexity index is 505. The van der Waals surface area contributed by atoms with E-state index < -0.39 is 0 Å². The lowest BCUT2D eigenvalue weighted by molar-refractivity contribution is 0.427. The van der Waals surface area contributed by atoms with Crippen LogP contribution in [0.25, 0.3) is 0 Å². The van der Waals surface area contributed by atoms with Crippen LogP contribution in [-0.4, -0.2) is 6.04 Å². The maximum atomic E-state index is 5.81. The molecule has 0 saturated heterocycles. The van der Waals surface area contributed by atoms with Gasteiger partial charge in [0.25, 0.3) is 0 Å². The summed E-state index contributed by atoms with van der Waals surface area (Å²) in [5, 5.41) is 0. The van der Waals surface area contributed by atoms with Crippen LogP contribution in [0.5, 0.6) is 0 Å². The second-order valence-corrected chi connectivity index (χ2v) is 5.39. The van der Waals surface area contributed by atoms with Gasteiger partial charge in [-0.2, -0.15) is 0 Å². The molecular weight excluding hydrogens is 244 g/mol. The van der Waals surface area contributed by atoms with E-state index in [1.807, 2.05) is 0 Å². The van der Waals surface area contributed by atoms with Crippen LogP contribution in [0.15, 0.2) is 54.6 Å². The molecular formula is C18H24N2. The molecule has 0 saturated carbocycles. The Morgan fingerprint density at radius 1 is 1.00 bits per heavy atom. The molecule has 0 fully saturated rings. The first-order valence-corrected chi connectivity index (χ1v) is 7.31. The minimum Gasteiger partial charge on any atom is -0.271 e. The number of nitrogens with two attached hydrogens (primary N) is 1. The van der Waals surface area contributed by atoms with Crippen LogP contribution >= 0.6 is 0 Å².